The predicted molar refractivity (Wildman–Crippen MR) is 131 cm³/mol. The minimum atomic E-state index is -0.949. The summed E-state index contributed by atoms with van der Waals surface area (Å²) in [7, 11) is 0. The monoisotopic (exact) mass is 506 g/mol. The summed E-state index contributed by atoms with van der Waals surface area (Å²) in [5.41, 5.74) is 2.29. The number of amides is 2. The van der Waals surface area contributed by atoms with Crippen molar-refractivity contribution in [3.05, 3.63) is 105 Å². The van der Waals surface area contributed by atoms with Gasteiger partial charge >= 0.3 is 0 Å². The molecule has 0 saturated carbocycles. The van der Waals surface area contributed by atoms with Gasteiger partial charge in [-0.25, -0.2) is 9.29 Å². The van der Waals surface area contributed by atoms with E-state index in [-0.39, 0.29) is 22.1 Å². The number of imide groups is 1. The van der Waals surface area contributed by atoms with E-state index in [2.05, 4.69) is 0 Å². The molecule has 3 aliphatic heterocycles. The first kappa shape index (κ1) is 22.0. The summed E-state index contributed by atoms with van der Waals surface area (Å²) in [6.07, 6.45) is 3.66. The molecule has 4 atom stereocenters. The SMILES string of the molecule is O=C(c1ccc(Cl)cc1Cl)[C@@H]1[C@@H]2C(=O)N(c3ccc(F)cc3)C(=O)[C@@H]2[C@H]2c3ccccc3C=CN12. The Kier molecular flexibility index (Phi) is 5.06. The quantitative estimate of drug-likeness (QED) is 0.346. The smallest absolute Gasteiger partial charge is 0.240 e. The number of carbonyl (C=O) groups is 3. The third-order valence-corrected chi connectivity index (χ3v) is 7.56. The zero-order valence-corrected chi connectivity index (χ0v) is 19.6. The molecule has 3 aromatic carbocycles. The Morgan fingerprint density at radius 2 is 1.60 bits per heavy atom. The van der Waals surface area contributed by atoms with Crippen LogP contribution in [-0.4, -0.2) is 28.5 Å². The van der Waals surface area contributed by atoms with E-state index in [0.717, 1.165) is 16.0 Å². The molecule has 0 aliphatic carbocycles. The average Bonchev–Trinajstić information content (AvgIpc) is 3.32. The van der Waals surface area contributed by atoms with Gasteiger partial charge in [0.1, 0.15) is 11.9 Å². The molecule has 3 aromatic rings. The van der Waals surface area contributed by atoms with Gasteiger partial charge in [0, 0.05) is 16.8 Å². The molecule has 2 amide bonds. The molecule has 0 N–H and O–H groups in total. The lowest BCUT2D eigenvalue weighted by atomic mass is 9.83. The van der Waals surface area contributed by atoms with Crippen LogP contribution in [0.25, 0.3) is 6.08 Å². The maximum Gasteiger partial charge on any atom is 0.240 e. The minimum absolute atomic E-state index is 0.177. The highest BCUT2D eigenvalue weighted by Crippen LogP contribution is 2.53. The molecule has 2 fully saturated rings. The van der Waals surface area contributed by atoms with E-state index in [1.807, 2.05) is 35.2 Å². The summed E-state index contributed by atoms with van der Waals surface area (Å²) in [6, 6.07) is 15.9. The van der Waals surface area contributed by atoms with Gasteiger partial charge in [0.2, 0.25) is 11.8 Å². The first-order valence-corrected chi connectivity index (χ1v) is 11.8. The number of fused-ring (bicyclic) bond motifs is 5. The predicted octanol–water partition coefficient (Wildman–Crippen LogP) is 5.53. The molecular weight excluding hydrogens is 490 g/mol. The molecule has 3 aliphatic rings. The van der Waals surface area contributed by atoms with Crippen molar-refractivity contribution >= 4 is 52.6 Å². The van der Waals surface area contributed by atoms with E-state index in [0.29, 0.717) is 5.02 Å². The highest BCUT2D eigenvalue weighted by Gasteiger charge is 2.64. The van der Waals surface area contributed by atoms with E-state index in [4.69, 9.17) is 23.2 Å². The summed E-state index contributed by atoms with van der Waals surface area (Å²) in [5, 5.41) is 0.561. The van der Waals surface area contributed by atoms with Crippen molar-refractivity contribution in [3.63, 3.8) is 0 Å². The second-order valence-electron chi connectivity index (χ2n) is 8.81. The lowest BCUT2D eigenvalue weighted by Gasteiger charge is -2.35. The Labute approximate surface area is 210 Å². The molecular formula is C27H17Cl2FN2O3. The number of hydrogen-bond acceptors (Lipinski definition) is 4. The maximum atomic E-state index is 13.9. The van der Waals surface area contributed by atoms with E-state index in [1.54, 1.807) is 12.3 Å². The number of Topliss-reactive ketones (excluding diaryl/α,β-unsaturated/α-hetero) is 1. The van der Waals surface area contributed by atoms with Crippen LogP contribution >= 0.6 is 23.2 Å². The van der Waals surface area contributed by atoms with Gasteiger partial charge in [-0.2, -0.15) is 0 Å². The van der Waals surface area contributed by atoms with Gasteiger partial charge in [-0.05, 0) is 59.7 Å². The molecule has 35 heavy (non-hydrogen) atoms. The van der Waals surface area contributed by atoms with Crippen LogP contribution in [0.1, 0.15) is 27.5 Å². The Morgan fingerprint density at radius 1 is 0.886 bits per heavy atom. The number of ketones is 1. The van der Waals surface area contributed by atoms with Crippen molar-refractivity contribution in [2.75, 3.05) is 4.90 Å². The van der Waals surface area contributed by atoms with Crippen molar-refractivity contribution in [1.82, 2.24) is 4.90 Å². The molecule has 8 heteroatoms. The molecule has 0 unspecified atom stereocenters. The van der Waals surface area contributed by atoms with Crippen LogP contribution in [0.5, 0.6) is 0 Å². The molecule has 3 heterocycles. The number of benzene rings is 3. The molecule has 174 valence electrons. The summed E-state index contributed by atoms with van der Waals surface area (Å²) >= 11 is 12.4. The van der Waals surface area contributed by atoms with E-state index in [9.17, 15) is 18.8 Å². The molecule has 6 rings (SSSR count). The van der Waals surface area contributed by atoms with Crippen LogP contribution in [0.15, 0.2) is 72.9 Å². The lowest BCUT2D eigenvalue weighted by Crippen LogP contribution is -2.44. The van der Waals surface area contributed by atoms with Crippen molar-refractivity contribution in [1.29, 1.82) is 0 Å². The number of nitrogens with zero attached hydrogens (tertiary/aromatic N) is 2. The molecule has 0 spiro atoms. The number of rotatable bonds is 3. The largest absolute Gasteiger partial charge is 0.358 e. The van der Waals surface area contributed by atoms with Crippen LogP contribution in [0.3, 0.4) is 0 Å². The van der Waals surface area contributed by atoms with Crippen molar-refractivity contribution in [2.24, 2.45) is 11.8 Å². The zero-order chi connectivity index (χ0) is 24.4. The number of anilines is 1. The first-order valence-electron chi connectivity index (χ1n) is 11.0. The molecule has 0 aromatic heterocycles. The van der Waals surface area contributed by atoms with Crippen molar-refractivity contribution in [3.8, 4) is 0 Å². The molecule has 0 radical (unpaired) electrons. The van der Waals surface area contributed by atoms with Crippen LogP contribution in [0.2, 0.25) is 10.0 Å². The third-order valence-electron chi connectivity index (χ3n) is 7.01. The van der Waals surface area contributed by atoms with Gasteiger partial charge in [-0.15, -0.1) is 0 Å². The molecule has 5 nitrogen and oxygen atoms in total. The van der Waals surface area contributed by atoms with Crippen molar-refractivity contribution in [2.45, 2.75) is 12.1 Å². The van der Waals surface area contributed by atoms with E-state index in [1.165, 1.54) is 36.4 Å². The van der Waals surface area contributed by atoms with Crippen LogP contribution < -0.4 is 4.90 Å². The van der Waals surface area contributed by atoms with Crippen LogP contribution in [0, 0.1) is 17.7 Å². The fourth-order valence-electron chi connectivity index (χ4n) is 5.55. The van der Waals surface area contributed by atoms with Gasteiger partial charge in [-0.1, -0.05) is 47.5 Å². The van der Waals surface area contributed by atoms with Gasteiger partial charge in [0.25, 0.3) is 0 Å². The average molecular weight is 507 g/mol. The zero-order valence-electron chi connectivity index (χ0n) is 18.1. The molecule has 2 saturated heterocycles. The Hall–Kier alpha value is -3.48. The second-order valence-corrected chi connectivity index (χ2v) is 9.65. The Bertz CT molecular complexity index is 1440. The van der Waals surface area contributed by atoms with Gasteiger partial charge < -0.3 is 4.90 Å². The van der Waals surface area contributed by atoms with Crippen molar-refractivity contribution < 1.29 is 18.8 Å². The third kappa shape index (κ3) is 3.24. The lowest BCUT2D eigenvalue weighted by molar-refractivity contribution is -0.123. The van der Waals surface area contributed by atoms with E-state index >= 15 is 0 Å². The summed E-state index contributed by atoms with van der Waals surface area (Å²) in [6.45, 7) is 0. The minimum Gasteiger partial charge on any atom is -0.358 e. The fourth-order valence-corrected chi connectivity index (χ4v) is 6.05. The fraction of sp³-hybridized carbons (Fsp3) is 0.148. The van der Waals surface area contributed by atoms with Gasteiger partial charge in [0.05, 0.1) is 28.6 Å². The van der Waals surface area contributed by atoms with Gasteiger partial charge in [-0.3, -0.25) is 14.4 Å². The number of hydrogen-bond donors (Lipinski definition) is 0. The van der Waals surface area contributed by atoms with Crippen LogP contribution in [0.4, 0.5) is 10.1 Å². The summed E-state index contributed by atoms with van der Waals surface area (Å²) in [4.78, 5) is 44.3. The number of carbonyl (C=O) groups excluding carboxylic acids is 3. The highest BCUT2D eigenvalue weighted by atomic mass is 35.5. The standard InChI is InChI=1S/C27H17Cl2FN2O3/c28-15-5-10-19(20(29)13-15)25(33)24-22-21(23-18-4-2-1-3-14(18)11-12-31(23)24)26(34)32(27(22)35)17-8-6-16(30)7-9-17/h1-13,21-24H/t21-,22+,23+,24-/m0/s1. The van der Waals surface area contributed by atoms with Gasteiger partial charge in [0.15, 0.2) is 5.78 Å². The summed E-state index contributed by atoms with van der Waals surface area (Å²) in [5.74, 6) is -3.47. The molecule has 0 bridgehead atoms. The summed E-state index contributed by atoms with van der Waals surface area (Å²) < 4.78 is 13.5. The number of halogens is 3. The maximum absolute atomic E-state index is 13.9. The van der Waals surface area contributed by atoms with Crippen LogP contribution in [-0.2, 0) is 9.59 Å². The second kappa shape index (κ2) is 8.04. The first-order chi connectivity index (χ1) is 16.9. The Balaban J connectivity index is 1.50. The topological polar surface area (TPSA) is 57.7 Å². The van der Waals surface area contributed by atoms with E-state index < -0.39 is 41.6 Å². The Morgan fingerprint density at radius 3 is 2.34 bits per heavy atom. The highest BCUT2D eigenvalue weighted by molar-refractivity contribution is 6.37. The normalized spacial score (nSPS) is 24.4.